The summed E-state index contributed by atoms with van der Waals surface area (Å²) in [6.45, 7) is 2.86. The van der Waals surface area contributed by atoms with Crippen molar-refractivity contribution < 1.29 is 64.6 Å². The Morgan fingerprint density at radius 2 is 0.775 bits per heavy atom. The average Bonchev–Trinajstić information content (AvgIpc) is 3.49. The lowest BCUT2D eigenvalue weighted by atomic mass is 9.97. The zero-order valence-electron chi connectivity index (χ0n) is 51.4. The van der Waals surface area contributed by atoms with Crippen LogP contribution in [0.1, 0.15) is 309 Å². The number of carbonyl (C=O) groups excluding carboxylic acids is 1. The molecule has 14 nitrogen and oxygen atoms in total. The number of carbonyl (C=O) groups is 1. The molecule has 474 valence electrons. The highest BCUT2D eigenvalue weighted by Crippen LogP contribution is 2.30. The highest BCUT2D eigenvalue weighted by molar-refractivity contribution is 5.76. The minimum Gasteiger partial charge on any atom is -0.394 e. The van der Waals surface area contributed by atoms with Crippen molar-refractivity contribution in [1.29, 1.82) is 0 Å². The van der Waals surface area contributed by atoms with Crippen LogP contribution in [-0.4, -0.2) is 140 Å². The Bertz CT molecular complexity index is 1390. The average molecular weight is 1140 g/mol. The van der Waals surface area contributed by atoms with Crippen LogP contribution in [0.5, 0.6) is 0 Å². The molecule has 0 bridgehead atoms. The summed E-state index contributed by atoms with van der Waals surface area (Å²) >= 11 is 0. The molecule has 0 radical (unpaired) electrons. The van der Waals surface area contributed by atoms with Crippen LogP contribution in [-0.2, 0) is 23.7 Å². The highest BCUT2D eigenvalue weighted by Gasteiger charge is 2.51. The first-order chi connectivity index (χ1) is 39.1. The SMILES string of the molecule is CCCCCCCCCCCCCCCCCCCCCCCC/C=C/C(O)C(COC1OC(CO)C(OC2OC(CO)C(O)C(O)C2O)C(O)C1O)NC(=O)CCCCCCCCCCCCCCCCCCCCCCCC. The van der Waals surface area contributed by atoms with Crippen LogP contribution in [0.25, 0.3) is 0 Å². The molecule has 2 heterocycles. The molecule has 0 spiro atoms. The largest absolute Gasteiger partial charge is 0.394 e. The maximum absolute atomic E-state index is 13.3. The van der Waals surface area contributed by atoms with E-state index >= 15 is 0 Å². The molecular formula is C66H127NO13. The van der Waals surface area contributed by atoms with Gasteiger partial charge < -0.3 is 65.1 Å². The number of allylic oxidation sites excluding steroid dienone is 1. The van der Waals surface area contributed by atoms with Crippen LogP contribution in [0.2, 0.25) is 0 Å². The maximum atomic E-state index is 13.3. The Labute approximate surface area is 488 Å². The maximum Gasteiger partial charge on any atom is 0.220 e. The molecule has 80 heavy (non-hydrogen) atoms. The lowest BCUT2D eigenvalue weighted by Gasteiger charge is -2.46. The van der Waals surface area contributed by atoms with Crippen LogP contribution in [0.15, 0.2) is 12.2 Å². The van der Waals surface area contributed by atoms with Crippen molar-refractivity contribution in [2.24, 2.45) is 0 Å². The van der Waals surface area contributed by atoms with Gasteiger partial charge in [-0.3, -0.25) is 4.79 Å². The number of unbranched alkanes of at least 4 members (excludes halogenated alkanes) is 43. The predicted molar refractivity (Wildman–Crippen MR) is 323 cm³/mol. The van der Waals surface area contributed by atoms with Gasteiger partial charge in [0.25, 0.3) is 0 Å². The number of hydrogen-bond acceptors (Lipinski definition) is 13. The van der Waals surface area contributed by atoms with Gasteiger partial charge in [0, 0.05) is 6.42 Å². The zero-order valence-corrected chi connectivity index (χ0v) is 51.4. The second-order valence-corrected chi connectivity index (χ2v) is 24.3. The van der Waals surface area contributed by atoms with Gasteiger partial charge in [-0.15, -0.1) is 0 Å². The second-order valence-electron chi connectivity index (χ2n) is 24.3. The summed E-state index contributed by atoms with van der Waals surface area (Å²) in [4.78, 5) is 13.3. The Balaban J connectivity index is 1.70. The van der Waals surface area contributed by atoms with Gasteiger partial charge in [-0.2, -0.15) is 0 Å². The van der Waals surface area contributed by atoms with Crippen molar-refractivity contribution in [3.05, 3.63) is 12.2 Å². The molecule has 0 aromatic heterocycles. The first kappa shape index (κ1) is 74.8. The third-order valence-corrected chi connectivity index (χ3v) is 17.0. The van der Waals surface area contributed by atoms with E-state index in [9.17, 15) is 45.6 Å². The molecule has 2 rings (SSSR count). The number of amides is 1. The van der Waals surface area contributed by atoms with Gasteiger partial charge in [0.05, 0.1) is 32.0 Å². The Morgan fingerprint density at radius 1 is 0.438 bits per heavy atom. The molecule has 2 fully saturated rings. The first-order valence-corrected chi connectivity index (χ1v) is 33.9. The van der Waals surface area contributed by atoms with E-state index in [1.807, 2.05) is 6.08 Å². The van der Waals surface area contributed by atoms with Crippen molar-refractivity contribution in [3.63, 3.8) is 0 Å². The molecule has 0 aliphatic carbocycles. The number of nitrogens with one attached hydrogen (secondary N) is 1. The van der Waals surface area contributed by atoms with Crippen LogP contribution in [0.3, 0.4) is 0 Å². The standard InChI is InChI=1S/C66H127NO13/c1-3-5-7-9-11-13-15-17-19-21-23-25-27-28-29-31-33-35-37-39-41-43-45-47-49-55(70)54(53-77-65-63(76)61(74)64(57(52-69)79-65)80-66-62(75)60(73)59(72)56(51-68)78-66)67-58(71)50-48-46-44-42-40-38-36-34-32-30-26-24-22-20-18-16-14-12-10-8-6-4-2/h47,49,54-57,59-66,68-70,72-76H,3-46,48,50-53H2,1-2H3,(H,67,71)/b49-47+. The summed E-state index contributed by atoms with van der Waals surface area (Å²) in [5.41, 5.74) is 0. The first-order valence-electron chi connectivity index (χ1n) is 33.9. The molecule has 9 N–H and O–H groups in total. The smallest absolute Gasteiger partial charge is 0.220 e. The van der Waals surface area contributed by atoms with Crippen molar-refractivity contribution >= 4 is 5.91 Å². The fraction of sp³-hybridized carbons (Fsp3) is 0.955. The van der Waals surface area contributed by atoms with Gasteiger partial charge in [0.1, 0.15) is 48.8 Å². The van der Waals surface area contributed by atoms with Crippen LogP contribution in [0, 0.1) is 0 Å². The molecule has 0 aromatic rings. The molecule has 0 aromatic carbocycles. The van der Waals surface area contributed by atoms with E-state index in [2.05, 4.69) is 19.2 Å². The van der Waals surface area contributed by atoms with Gasteiger partial charge in [0.15, 0.2) is 12.6 Å². The molecule has 2 aliphatic rings. The Hall–Kier alpha value is -1.27. The molecule has 12 atom stereocenters. The number of aliphatic hydroxyl groups excluding tert-OH is 8. The minimum absolute atomic E-state index is 0.231. The topological polar surface area (TPSA) is 228 Å². The van der Waals surface area contributed by atoms with Gasteiger partial charge in [0.2, 0.25) is 5.91 Å². The molecule has 14 heteroatoms. The summed E-state index contributed by atoms with van der Waals surface area (Å²) in [6.07, 6.45) is 45.4. The lowest BCUT2D eigenvalue weighted by Crippen LogP contribution is -2.65. The Kier molecular flexibility index (Phi) is 48.7. The highest BCUT2D eigenvalue weighted by atomic mass is 16.7. The van der Waals surface area contributed by atoms with Gasteiger partial charge in [-0.1, -0.05) is 296 Å². The fourth-order valence-corrected chi connectivity index (χ4v) is 11.5. The summed E-state index contributed by atoms with van der Waals surface area (Å²) in [5.74, 6) is -0.231. The van der Waals surface area contributed by atoms with Gasteiger partial charge in [-0.05, 0) is 19.3 Å². The van der Waals surface area contributed by atoms with Crippen molar-refractivity contribution in [2.45, 2.75) is 383 Å². The van der Waals surface area contributed by atoms with Crippen molar-refractivity contribution in [1.82, 2.24) is 5.32 Å². The number of hydrogen-bond donors (Lipinski definition) is 9. The van der Waals surface area contributed by atoms with Crippen molar-refractivity contribution in [3.8, 4) is 0 Å². The molecule has 2 saturated heterocycles. The minimum atomic E-state index is -1.79. The third-order valence-electron chi connectivity index (χ3n) is 17.0. The lowest BCUT2D eigenvalue weighted by molar-refractivity contribution is -0.359. The molecule has 1 amide bonds. The summed E-state index contributed by atoms with van der Waals surface area (Å²) in [7, 11) is 0. The molecular weight excluding hydrogens is 1010 g/mol. The monoisotopic (exact) mass is 1140 g/mol. The van der Waals surface area contributed by atoms with E-state index in [4.69, 9.17) is 18.9 Å². The zero-order chi connectivity index (χ0) is 58.1. The van der Waals surface area contributed by atoms with E-state index in [-0.39, 0.29) is 18.9 Å². The van der Waals surface area contributed by atoms with E-state index in [1.54, 1.807) is 6.08 Å². The van der Waals surface area contributed by atoms with Crippen LogP contribution >= 0.6 is 0 Å². The predicted octanol–water partition coefficient (Wildman–Crippen LogP) is 13.0. The fourth-order valence-electron chi connectivity index (χ4n) is 11.5. The van der Waals surface area contributed by atoms with E-state index in [0.29, 0.717) is 6.42 Å². The van der Waals surface area contributed by atoms with Gasteiger partial charge in [-0.25, -0.2) is 0 Å². The quantitative estimate of drug-likeness (QED) is 0.0204. The molecule has 0 saturated carbocycles. The van der Waals surface area contributed by atoms with E-state index in [1.165, 1.54) is 244 Å². The summed E-state index contributed by atoms with van der Waals surface area (Å²) in [6, 6.07) is -0.911. The molecule has 12 unspecified atom stereocenters. The van der Waals surface area contributed by atoms with Crippen LogP contribution < -0.4 is 5.32 Å². The second kappa shape index (κ2) is 52.1. The molecule has 2 aliphatic heterocycles. The van der Waals surface area contributed by atoms with Crippen molar-refractivity contribution in [2.75, 3.05) is 19.8 Å². The van der Waals surface area contributed by atoms with Gasteiger partial charge >= 0.3 is 0 Å². The van der Waals surface area contributed by atoms with E-state index in [0.717, 1.165) is 38.5 Å². The number of ether oxygens (including phenoxy) is 4. The third kappa shape index (κ3) is 36.5. The number of aliphatic hydroxyl groups is 8. The Morgan fingerprint density at radius 3 is 1.15 bits per heavy atom. The van der Waals surface area contributed by atoms with E-state index < -0.39 is 86.8 Å². The van der Waals surface area contributed by atoms with Crippen LogP contribution in [0.4, 0.5) is 0 Å². The summed E-state index contributed by atoms with van der Waals surface area (Å²) < 4.78 is 22.9. The number of rotatable bonds is 56. The summed E-state index contributed by atoms with van der Waals surface area (Å²) in [5, 5.41) is 87.4. The normalized spacial score (nSPS) is 24.2.